The van der Waals surface area contributed by atoms with Crippen LogP contribution in [0.2, 0.25) is 0 Å². The molecule has 0 aliphatic heterocycles. The highest BCUT2D eigenvalue weighted by molar-refractivity contribution is 7.66. The SMILES string of the molecule is CN(/N=C/c1ccc2ccc3cccc4ccc1c2c34)P(=O)(c1ccccc1)N(C)/N=C/c1ccc2ccc3cccc4ccc1c2c34. The number of hydrogen-bond donors (Lipinski definition) is 0. The normalized spacial score (nSPS) is 12.7. The zero-order valence-electron chi connectivity index (χ0n) is 26.6. The summed E-state index contributed by atoms with van der Waals surface area (Å²) in [6, 6.07) is 48.1. The van der Waals surface area contributed by atoms with Gasteiger partial charge in [-0.2, -0.15) is 10.2 Å². The van der Waals surface area contributed by atoms with Gasteiger partial charge in [-0.3, -0.25) is 4.57 Å². The van der Waals surface area contributed by atoms with E-state index in [1.54, 1.807) is 23.7 Å². The first kappa shape index (κ1) is 28.5. The summed E-state index contributed by atoms with van der Waals surface area (Å²) in [5.74, 6) is 0. The third-order valence-corrected chi connectivity index (χ3v) is 12.5. The maximum Gasteiger partial charge on any atom is 0.322 e. The largest absolute Gasteiger partial charge is 0.322 e. The van der Waals surface area contributed by atoms with Gasteiger partial charge in [-0.1, -0.05) is 127 Å². The molecule has 9 rings (SSSR count). The van der Waals surface area contributed by atoms with E-state index < -0.39 is 7.44 Å². The lowest BCUT2D eigenvalue weighted by Gasteiger charge is -2.31. The molecule has 0 saturated carbocycles. The molecule has 0 saturated heterocycles. The van der Waals surface area contributed by atoms with Gasteiger partial charge in [-0.05, 0) is 76.8 Å². The summed E-state index contributed by atoms with van der Waals surface area (Å²) < 4.78 is 18.3. The summed E-state index contributed by atoms with van der Waals surface area (Å²) in [4.78, 5) is 0. The van der Waals surface area contributed by atoms with Crippen LogP contribution in [0.4, 0.5) is 0 Å². The van der Waals surface area contributed by atoms with Crippen LogP contribution in [0, 0.1) is 0 Å². The number of benzene rings is 9. The average Bonchev–Trinajstić information content (AvgIpc) is 3.14. The number of rotatable bonds is 7. The van der Waals surface area contributed by atoms with E-state index in [1.165, 1.54) is 53.9 Å². The lowest BCUT2D eigenvalue weighted by Crippen LogP contribution is -2.28. The highest BCUT2D eigenvalue weighted by Gasteiger charge is 2.34. The average molecular weight is 639 g/mol. The van der Waals surface area contributed by atoms with Crippen LogP contribution in [0.1, 0.15) is 11.1 Å². The van der Waals surface area contributed by atoms with E-state index >= 15 is 4.57 Å². The fourth-order valence-corrected chi connectivity index (χ4v) is 9.30. The van der Waals surface area contributed by atoms with E-state index in [2.05, 4.69) is 109 Å². The van der Waals surface area contributed by atoms with Gasteiger partial charge in [0, 0.05) is 25.2 Å². The monoisotopic (exact) mass is 638 g/mol. The van der Waals surface area contributed by atoms with Gasteiger partial charge < -0.3 is 0 Å². The molecule has 0 fully saturated rings. The Morgan fingerprint density at radius 2 is 0.812 bits per heavy atom. The molecule has 230 valence electrons. The van der Waals surface area contributed by atoms with Crippen molar-refractivity contribution in [3.8, 4) is 0 Å². The van der Waals surface area contributed by atoms with Crippen LogP contribution in [0.3, 0.4) is 0 Å². The molecule has 48 heavy (non-hydrogen) atoms. The van der Waals surface area contributed by atoms with Crippen molar-refractivity contribution in [1.29, 1.82) is 0 Å². The Labute approximate surface area is 278 Å². The van der Waals surface area contributed by atoms with Gasteiger partial charge in [0.1, 0.15) is 0 Å². The van der Waals surface area contributed by atoms with Crippen molar-refractivity contribution in [1.82, 2.24) is 9.56 Å². The van der Waals surface area contributed by atoms with Crippen molar-refractivity contribution in [3.63, 3.8) is 0 Å². The lowest BCUT2D eigenvalue weighted by atomic mass is 9.92. The molecule has 9 aromatic carbocycles. The van der Waals surface area contributed by atoms with Crippen LogP contribution >= 0.6 is 7.44 Å². The Morgan fingerprint density at radius 3 is 1.25 bits per heavy atom. The van der Waals surface area contributed by atoms with Crippen LogP contribution in [0.15, 0.2) is 150 Å². The molecule has 0 atom stereocenters. The molecule has 5 nitrogen and oxygen atoms in total. The molecular weight excluding hydrogens is 607 g/mol. The summed E-state index contributed by atoms with van der Waals surface area (Å²) in [5.41, 5.74) is 1.93. The maximum absolute atomic E-state index is 15.2. The van der Waals surface area contributed by atoms with Gasteiger partial charge >= 0.3 is 7.44 Å². The zero-order chi connectivity index (χ0) is 32.4. The van der Waals surface area contributed by atoms with Crippen LogP contribution in [0.25, 0.3) is 64.6 Å². The third-order valence-electron chi connectivity index (χ3n) is 9.73. The first-order chi connectivity index (χ1) is 23.5. The first-order valence-corrected chi connectivity index (χ1v) is 17.7. The Hall–Kier alpha value is -5.77. The quantitative estimate of drug-likeness (QED) is 0.0756. The Balaban J connectivity index is 1.11. The molecule has 0 heterocycles. The topological polar surface area (TPSA) is 48.3 Å². The fourth-order valence-electron chi connectivity index (χ4n) is 7.32. The van der Waals surface area contributed by atoms with E-state index in [1.807, 2.05) is 42.8 Å². The van der Waals surface area contributed by atoms with Gasteiger partial charge in [0.2, 0.25) is 0 Å². The lowest BCUT2D eigenvalue weighted by molar-refractivity contribution is 0.419. The minimum atomic E-state index is -3.49. The number of nitrogens with zero attached hydrogens (tertiary/aromatic N) is 4. The van der Waals surface area contributed by atoms with Crippen molar-refractivity contribution in [2.45, 2.75) is 0 Å². The van der Waals surface area contributed by atoms with Crippen molar-refractivity contribution in [2.75, 3.05) is 14.1 Å². The molecule has 0 radical (unpaired) electrons. The predicted octanol–water partition coefficient (Wildman–Crippen LogP) is 10.2. The van der Waals surface area contributed by atoms with E-state index in [-0.39, 0.29) is 0 Å². The standard InChI is InChI=1S/C42H31N4OP/c1-45(43-26-34-20-18-32-16-14-28-8-6-10-30-22-24-37(34)41(32)39(28)30)48(47,36-12-4-3-5-13-36)46(2)44-27-35-21-19-33-17-15-29-9-7-11-31-23-25-38(35)42(33)40(29)31/h3-27H,1-2H3/b43-26+,44-27+. The zero-order valence-corrected chi connectivity index (χ0v) is 27.5. The maximum atomic E-state index is 15.2. The van der Waals surface area contributed by atoms with Crippen LogP contribution in [0.5, 0.6) is 0 Å². The number of hydrogen-bond acceptors (Lipinski definition) is 3. The van der Waals surface area contributed by atoms with Crippen molar-refractivity contribution in [2.24, 2.45) is 10.2 Å². The highest BCUT2D eigenvalue weighted by atomic mass is 31.2. The van der Waals surface area contributed by atoms with Crippen LogP contribution < -0.4 is 5.30 Å². The molecule has 0 spiro atoms. The molecule has 0 bridgehead atoms. The molecule has 0 unspecified atom stereocenters. The van der Waals surface area contributed by atoms with E-state index in [0.29, 0.717) is 5.30 Å². The van der Waals surface area contributed by atoms with E-state index in [9.17, 15) is 0 Å². The molecule has 0 N–H and O–H groups in total. The van der Waals surface area contributed by atoms with Gasteiger partial charge in [-0.15, -0.1) is 0 Å². The molecular formula is C42H31N4OP. The summed E-state index contributed by atoms with van der Waals surface area (Å²) in [5, 5.41) is 24.8. The molecule has 0 aliphatic rings. The van der Waals surface area contributed by atoms with Gasteiger partial charge in [0.15, 0.2) is 0 Å². The number of hydrazone groups is 2. The second-order valence-corrected chi connectivity index (χ2v) is 15.1. The predicted molar refractivity (Wildman–Crippen MR) is 205 cm³/mol. The Bertz CT molecular complexity index is 2560. The molecule has 0 aromatic heterocycles. The van der Waals surface area contributed by atoms with Gasteiger partial charge in [0.05, 0.1) is 17.7 Å². The highest BCUT2D eigenvalue weighted by Crippen LogP contribution is 2.51. The van der Waals surface area contributed by atoms with Crippen LogP contribution in [-0.2, 0) is 4.57 Å². The summed E-state index contributed by atoms with van der Waals surface area (Å²) in [7, 11) is 0.0418. The van der Waals surface area contributed by atoms with Crippen LogP contribution in [-0.4, -0.2) is 36.1 Å². The minimum absolute atomic E-state index is 0.648. The van der Waals surface area contributed by atoms with E-state index in [0.717, 1.165) is 21.9 Å². The van der Waals surface area contributed by atoms with Crippen molar-refractivity contribution >= 4 is 89.8 Å². The van der Waals surface area contributed by atoms with Crippen molar-refractivity contribution < 1.29 is 4.57 Å². The first-order valence-electron chi connectivity index (χ1n) is 16.1. The third kappa shape index (κ3) is 4.28. The molecule has 0 amide bonds. The second kappa shape index (κ2) is 10.9. The Morgan fingerprint density at radius 1 is 0.438 bits per heavy atom. The summed E-state index contributed by atoms with van der Waals surface area (Å²) >= 11 is 0. The Kier molecular flexibility index (Phi) is 6.46. The van der Waals surface area contributed by atoms with Gasteiger partial charge in [-0.25, -0.2) is 9.56 Å². The van der Waals surface area contributed by atoms with E-state index in [4.69, 9.17) is 10.2 Å². The second-order valence-electron chi connectivity index (χ2n) is 12.4. The molecule has 6 heteroatoms. The summed E-state index contributed by atoms with van der Waals surface area (Å²) in [6.45, 7) is 0. The fraction of sp³-hybridized carbons (Fsp3) is 0.0476. The van der Waals surface area contributed by atoms with Gasteiger partial charge in [0.25, 0.3) is 0 Å². The van der Waals surface area contributed by atoms with Crippen molar-refractivity contribution in [3.05, 3.63) is 151 Å². The smallest absolute Gasteiger partial charge is 0.267 e. The summed E-state index contributed by atoms with van der Waals surface area (Å²) in [6.07, 6.45) is 3.64. The molecule has 9 aromatic rings. The minimum Gasteiger partial charge on any atom is -0.267 e. The molecule has 0 aliphatic carbocycles.